The lowest BCUT2D eigenvalue weighted by Crippen LogP contribution is -2.34. The fraction of sp³-hybridized carbons (Fsp3) is 0.300. The van der Waals surface area contributed by atoms with Gasteiger partial charge in [-0.3, -0.25) is 19.0 Å². The molecule has 144 valence electrons. The molecule has 0 aliphatic carbocycles. The summed E-state index contributed by atoms with van der Waals surface area (Å²) < 4.78 is 6.87. The Bertz CT molecular complexity index is 1160. The SMILES string of the molecule is CCc1cc2c(=O)n(C(C)C(=O)c3ccc4c(c3)NC(=O)C(C)O4)cnc2s1. The molecule has 1 amide bonds. The number of nitrogens with one attached hydrogen (secondary N) is 1. The van der Waals surface area contributed by atoms with Gasteiger partial charge in [0.1, 0.15) is 10.6 Å². The van der Waals surface area contributed by atoms with Gasteiger partial charge >= 0.3 is 0 Å². The number of nitrogens with zero attached hydrogens (tertiary/aromatic N) is 2. The molecule has 8 heteroatoms. The number of aromatic nitrogens is 2. The van der Waals surface area contributed by atoms with Crippen LogP contribution in [0.2, 0.25) is 0 Å². The van der Waals surface area contributed by atoms with Crippen molar-refractivity contribution in [1.82, 2.24) is 9.55 Å². The second kappa shape index (κ2) is 6.87. The number of rotatable bonds is 4. The van der Waals surface area contributed by atoms with E-state index in [1.54, 1.807) is 32.0 Å². The molecule has 1 aromatic carbocycles. The molecule has 1 N–H and O–H groups in total. The minimum atomic E-state index is -0.730. The molecular weight excluding hydrogens is 378 g/mol. The van der Waals surface area contributed by atoms with Crippen LogP contribution in [-0.4, -0.2) is 27.3 Å². The third kappa shape index (κ3) is 2.99. The number of hydrogen-bond donors (Lipinski definition) is 1. The number of amides is 1. The molecule has 7 nitrogen and oxygen atoms in total. The average Bonchev–Trinajstić information content (AvgIpc) is 3.12. The summed E-state index contributed by atoms with van der Waals surface area (Å²) in [6, 6.07) is 5.98. The second-order valence-corrected chi connectivity index (χ2v) is 7.86. The number of Topliss-reactive ketones (excluding diaryl/α,β-unsaturated/α-hetero) is 1. The molecule has 28 heavy (non-hydrogen) atoms. The number of ether oxygens (including phenoxy) is 1. The van der Waals surface area contributed by atoms with Crippen LogP contribution < -0.4 is 15.6 Å². The van der Waals surface area contributed by atoms with Gasteiger partial charge < -0.3 is 10.1 Å². The maximum absolute atomic E-state index is 13.0. The first-order chi connectivity index (χ1) is 13.4. The summed E-state index contributed by atoms with van der Waals surface area (Å²) in [5.41, 5.74) is 0.606. The van der Waals surface area contributed by atoms with Crippen molar-refractivity contribution < 1.29 is 14.3 Å². The molecule has 0 saturated carbocycles. The van der Waals surface area contributed by atoms with Crippen molar-refractivity contribution in [2.45, 2.75) is 39.3 Å². The highest BCUT2D eigenvalue weighted by Gasteiger charge is 2.26. The van der Waals surface area contributed by atoms with E-state index in [0.29, 0.717) is 27.2 Å². The van der Waals surface area contributed by atoms with E-state index in [0.717, 1.165) is 11.3 Å². The van der Waals surface area contributed by atoms with E-state index in [4.69, 9.17) is 4.74 Å². The van der Waals surface area contributed by atoms with E-state index in [9.17, 15) is 14.4 Å². The molecule has 1 aliphatic rings. The molecule has 4 rings (SSSR count). The Kier molecular flexibility index (Phi) is 4.50. The zero-order valence-electron chi connectivity index (χ0n) is 15.7. The van der Waals surface area contributed by atoms with E-state index in [1.165, 1.54) is 22.2 Å². The van der Waals surface area contributed by atoms with Gasteiger partial charge in [0, 0.05) is 10.4 Å². The summed E-state index contributed by atoms with van der Waals surface area (Å²) in [5.74, 6) is 0.00648. The summed E-state index contributed by atoms with van der Waals surface area (Å²) in [6.07, 6.45) is 1.67. The van der Waals surface area contributed by atoms with Crippen molar-refractivity contribution in [3.8, 4) is 5.75 Å². The lowest BCUT2D eigenvalue weighted by Gasteiger charge is -2.24. The van der Waals surface area contributed by atoms with Crippen LogP contribution in [-0.2, 0) is 11.2 Å². The van der Waals surface area contributed by atoms with Crippen molar-refractivity contribution in [3.63, 3.8) is 0 Å². The lowest BCUT2D eigenvalue weighted by molar-refractivity contribution is -0.122. The molecule has 0 spiro atoms. The molecule has 0 radical (unpaired) electrons. The van der Waals surface area contributed by atoms with Crippen LogP contribution in [0.4, 0.5) is 5.69 Å². The van der Waals surface area contributed by atoms with Gasteiger partial charge in [-0.15, -0.1) is 11.3 Å². The maximum atomic E-state index is 13.0. The van der Waals surface area contributed by atoms with Gasteiger partial charge in [0.05, 0.1) is 23.4 Å². The molecule has 3 heterocycles. The van der Waals surface area contributed by atoms with Crippen LogP contribution in [0.5, 0.6) is 5.75 Å². The fourth-order valence-electron chi connectivity index (χ4n) is 3.17. The number of carbonyl (C=O) groups excluding carboxylic acids is 2. The normalized spacial score (nSPS) is 17.0. The first kappa shape index (κ1) is 18.4. The van der Waals surface area contributed by atoms with Gasteiger partial charge in [0.2, 0.25) is 0 Å². The number of thiophene rings is 1. The predicted molar refractivity (Wildman–Crippen MR) is 107 cm³/mol. The highest BCUT2D eigenvalue weighted by molar-refractivity contribution is 7.18. The Morgan fingerprint density at radius 3 is 2.89 bits per heavy atom. The quantitative estimate of drug-likeness (QED) is 0.683. The summed E-state index contributed by atoms with van der Waals surface area (Å²) in [5, 5.41) is 3.26. The van der Waals surface area contributed by atoms with Crippen LogP contribution >= 0.6 is 11.3 Å². The summed E-state index contributed by atoms with van der Waals surface area (Å²) in [4.78, 5) is 43.8. The number of benzene rings is 1. The van der Waals surface area contributed by atoms with Crippen LogP contribution in [0.25, 0.3) is 10.2 Å². The molecule has 2 aromatic heterocycles. The highest BCUT2D eigenvalue weighted by atomic mass is 32.1. The van der Waals surface area contributed by atoms with Gasteiger partial charge in [-0.1, -0.05) is 6.92 Å². The highest BCUT2D eigenvalue weighted by Crippen LogP contribution is 2.31. The van der Waals surface area contributed by atoms with Gasteiger partial charge in [0.25, 0.3) is 11.5 Å². The number of ketones is 1. The number of fused-ring (bicyclic) bond motifs is 2. The Balaban J connectivity index is 1.68. The van der Waals surface area contributed by atoms with Crippen molar-refractivity contribution in [2.24, 2.45) is 0 Å². The van der Waals surface area contributed by atoms with E-state index in [-0.39, 0.29) is 17.2 Å². The van der Waals surface area contributed by atoms with Crippen LogP contribution in [0, 0.1) is 0 Å². The number of aryl methyl sites for hydroxylation is 1. The minimum absolute atomic E-state index is 0.231. The topological polar surface area (TPSA) is 90.3 Å². The van der Waals surface area contributed by atoms with E-state index in [1.807, 2.05) is 13.0 Å². The molecule has 2 atom stereocenters. The van der Waals surface area contributed by atoms with Gasteiger partial charge in [0.15, 0.2) is 11.9 Å². The second-order valence-electron chi connectivity index (χ2n) is 6.74. The molecule has 0 saturated heterocycles. The Morgan fingerprint density at radius 1 is 1.36 bits per heavy atom. The van der Waals surface area contributed by atoms with Crippen LogP contribution in [0.1, 0.15) is 42.0 Å². The maximum Gasteiger partial charge on any atom is 0.265 e. The zero-order chi connectivity index (χ0) is 20.0. The average molecular weight is 397 g/mol. The van der Waals surface area contributed by atoms with Crippen molar-refractivity contribution >= 4 is 38.9 Å². The molecular formula is C20H19N3O4S. The van der Waals surface area contributed by atoms with Crippen molar-refractivity contribution in [2.75, 3.05) is 5.32 Å². The first-order valence-corrected chi connectivity index (χ1v) is 9.86. The number of anilines is 1. The zero-order valence-corrected chi connectivity index (χ0v) is 16.5. The molecule has 0 bridgehead atoms. The van der Waals surface area contributed by atoms with E-state index >= 15 is 0 Å². The Labute approximate surface area is 165 Å². The first-order valence-electron chi connectivity index (χ1n) is 9.04. The number of hydrogen-bond acceptors (Lipinski definition) is 6. The van der Waals surface area contributed by atoms with Crippen molar-refractivity contribution in [3.05, 3.63) is 51.4 Å². The number of carbonyl (C=O) groups is 2. The molecule has 2 unspecified atom stereocenters. The van der Waals surface area contributed by atoms with E-state index in [2.05, 4.69) is 10.3 Å². The smallest absolute Gasteiger partial charge is 0.265 e. The van der Waals surface area contributed by atoms with E-state index < -0.39 is 12.1 Å². The fourth-order valence-corrected chi connectivity index (χ4v) is 4.09. The largest absolute Gasteiger partial charge is 0.479 e. The molecule has 1 aliphatic heterocycles. The Morgan fingerprint density at radius 2 is 2.14 bits per heavy atom. The van der Waals surface area contributed by atoms with Crippen LogP contribution in [0.15, 0.2) is 35.4 Å². The minimum Gasteiger partial charge on any atom is -0.479 e. The third-order valence-electron chi connectivity index (χ3n) is 4.87. The van der Waals surface area contributed by atoms with Gasteiger partial charge in [-0.05, 0) is 44.5 Å². The third-order valence-corrected chi connectivity index (χ3v) is 6.06. The molecule has 3 aromatic rings. The van der Waals surface area contributed by atoms with Gasteiger partial charge in [-0.2, -0.15) is 0 Å². The predicted octanol–water partition coefficient (Wildman–Crippen LogP) is 3.18. The molecule has 0 fully saturated rings. The summed E-state index contributed by atoms with van der Waals surface area (Å²) in [6.45, 7) is 5.35. The standard InChI is InChI=1S/C20H19N3O4S/c1-4-13-8-14-19(28-13)21-9-23(20(14)26)10(2)17(24)12-5-6-16-15(7-12)22-18(25)11(3)27-16/h5-11H,4H2,1-3H3,(H,22,25). The lowest BCUT2D eigenvalue weighted by atomic mass is 10.0. The summed E-state index contributed by atoms with van der Waals surface area (Å²) in [7, 11) is 0. The van der Waals surface area contributed by atoms with Gasteiger partial charge in [-0.25, -0.2) is 4.98 Å². The Hall–Kier alpha value is -3.00. The monoisotopic (exact) mass is 397 g/mol. The summed E-state index contributed by atoms with van der Waals surface area (Å²) >= 11 is 1.49. The van der Waals surface area contributed by atoms with Crippen LogP contribution in [0.3, 0.4) is 0 Å². The van der Waals surface area contributed by atoms with Crippen molar-refractivity contribution in [1.29, 1.82) is 0 Å².